The van der Waals surface area contributed by atoms with Crippen molar-refractivity contribution in [1.82, 2.24) is 14.7 Å². The van der Waals surface area contributed by atoms with E-state index in [4.69, 9.17) is 9.84 Å². The van der Waals surface area contributed by atoms with Gasteiger partial charge in [0.15, 0.2) is 0 Å². The number of benzene rings is 3. The largest absolute Gasteiger partial charge is 0.497 e. The number of carbonyl (C=O) groups excluding carboxylic acids is 1. The Hall–Kier alpha value is -4.13. The molecule has 2 heterocycles. The third-order valence-electron chi connectivity index (χ3n) is 6.87. The quantitative estimate of drug-likeness (QED) is 0.430. The number of amides is 1. The standard InChI is InChI=1S/C29H30N4O3/c1-20-8-9-21(2)26(18-20)28-24-6-4-5-7-25(24)29(35)33(30-28)19-27(34)32-16-14-31(15-17-32)22-10-12-23(36-3)13-11-22/h4-13,18H,14-17,19H2,1-3H3. The molecule has 0 aliphatic carbocycles. The molecular weight excluding hydrogens is 452 g/mol. The lowest BCUT2D eigenvalue weighted by Crippen LogP contribution is -2.50. The number of carbonyl (C=O) groups is 1. The van der Waals surface area contributed by atoms with Crippen LogP contribution in [0.5, 0.6) is 5.75 Å². The monoisotopic (exact) mass is 482 g/mol. The Kier molecular flexibility index (Phi) is 6.46. The van der Waals surface area contributed by atoms with Crippen molar-refractivity contribution in [3.05, 3.63) is 88.2 Å². The lowest BCUT2D eigenvalue weighted by Gasteiger charge is -2.36. The van der Waals surface area contributed by atoms with Crippen molar-refractivity contribution in [2.24, 2.45) is 0 Å². The molecule has 7 nitrogen and oxygen atoms in total. The summed E-state index contributed by atoms with van der Waals surface area (Å²) in [6.45, 7) is 6.64. The second-order valence-corrected chi connectivity index (χ2v) is 9.24. The van der Waals surface area contributed by atoms with Crippen molar-refractivity contribution >= 4 is 22.4 Å². The molecule has 7 heteroatoms. The van der Waals surface area contributed by atoms with Crippen LogP contribution < -0.4 is 15.2 Å². The first kappa shape index (κ1) is 23.6. The molecule has 3 aromatic carbocycles. The molecule has 0 radical (unpaired) electrons. The van der Waals surface area contributed by atoms with Crippen LogP contribution in [0, 0.1) is 13.8 Å². The van der Waals surface area contributed by atoms with Gasteiger partial charge in [0.1, 0.15) is 12.3 Å². The molecular formula is C29H30N4O3. The molecule has 0 spiro atoms. The van der Waals surface area contributed by atoms with Gasteiger partial charge >= 0.3 is 0 Å². The zero-order valence-corrected chi connectivity index (χ0v) is 20.9. The Balaban J connectivity index is 1.38. The molecule has 1 fully saturated rings. The maximum Gasteiger partial charge on any atom is 0.275 e. The van der Waals surface area contributed by atoms with E-state index in [1.807, 2.05) is 67.3 Å². The highest BCUT2D eigenvalue weighted by molar-refractivity contribution is 5.94. The number of nitrogens with zero attached hydrogens (tertiary/aromatic N) is 4. The SMILES string of the molecule is COc1ccc(N2CCN(C(=O)Cn3nc(-c4cc(C)ccc4C)c4ccccc4c3=O)CC2)cc1. The van der Waals surface area contributed by atoms with E-state index >= 15 is 0 Å². The molecule has 0 unspecified atom stereocenters. The number of piperazine rings is 1. The second kappa shape index (κ2) is 9.85. The maximum absolute atomic E-state index is 13.3. The fourth-order valence-corrected chi connectivity index (χ4v) is 4.77. The van der Waals surface area contributed by atoms with Crippen LogP contribution in [0.3, 0.4) is 0 Å². The maximum atomic E-state index is 13.3. The van der Waals surface area contributed by atoms with E-state index in [0.717, 1.165) is 52.3 Å². The van der Waals surface area contributed by atoms with Crippen LogP contribution in [-0.4, -0.2) is 53.9 Å². The molecule has 0 atom stereocenters. The van der Waals surface area contributed by atoms with E-state index in [1.165, 1.54) is 4.68 Å². The lowest BCUT2D eigenvalue weighted by molar-refractivity contribution is -0.132. The predicted octanol–water partition coefficient (Wildman–Crippen LogP) is 4.04. The van der Waals surface area contributed by atoms with Crippen LogP contribution >= 0.6 is 0 Å². The van der Waals surface area contributed by atoms with Crippen molar-refractivity contribution in [3.8, 4) is 17.0 Å². The molecule has 5 rings (SSSR count). The first-order chi connectivity index (χ1) is 17.4. The minimum atomic E-state index is -0.245. The summed E-state index contributed by atoms with van der Waals surface area (Å²) in [6, 6.07) is 21.6. The Morgan fingerprint density at radius 2 is 1.61 bits per heavy atom. The lowest BCUT2D eigenvalue weighted by atomic mass is 9.99. The van der Waals surface area contributed by atoms with E-state index in [9.17, 15) is 9.59 Å². The number of fused-ring (bicyclic) bond motifs is 1. The number of methoxy groups -OCH3 is 1. The van der Waals surface area contributed by atoms with Crippen LogP contribution in [0.2, 0.25) is 0 Å². The zero-order chi connectivity index (χ0) is 25.2. The third-order valence-corrected chi connectivity index (χ3v) is 6.87. The van der Waals surface area contributed by atoms with Crippen molar-refractivity contribution in [1.29, 1.82) is 0 Å². The van der Waals surface area contributed by atoms with Gasteiger partial charge in [-0.25, -0.2) is 4.68 Å². The highest BCUT2D eigenvalue weighted by Crippen LogP contribution is 2.28. The zero-order valence-electron chi connectivity index (χ0n) is 20.9. The van der Waals surface area contributed by atoms with E-state index in [1.54, 1.807) is 7.11 Å². The smallest absolute Gasteiger partial charge is 0.275 e. The summed E-state index contributed by atoms with van der Waals surface area (Å²) in [4.78, 5) is 30.6. The van der Waals surface area contributed by atoms with Crippen molar-refractivity contribution in [2.75, 3.05) is 38.2 Å². The van der Waals surface area contributed by atoms with E-state index in [-0.39, 0.29) is 18.0 Å². The molecule has 1 aromatic heterocycles. The summed E-state index contributed by atoms with van der Waals surface area (Å²) in [7, 11) is 1.65. The van der Waals surface area contributed by atoms with Gasteiger partial charge < -0.3 is 14.5 Å². The topological polar surface area (TPSA) is 67.7 Å². The fraction of sp³-hybridized carbons (Fsp3) is 0.276. The normalized spacial score (nSPS) is 13.8. The highest BCUT2D eigenvalue weighted by atomic mass is 16.5. The molecule has 1 aliphatic heterocycles. The highest BCUT2D eigenvalue weighted by Gasteiger charge is 2.23. The van der Waals surface area contributed by atoms with E-state index < -0.39 is 0 Å². The molecule has 1 aliphatic rings. The Morgan fingerprint density at radius 1 is 0.917 bits per heavy atom. The van der Waals surface area contributed by atoms with Gasteiger partial charge in [-0.1, -0.05) is 35.9 Å². The van der Waals surface area contributed by atoms with Crippen molar-refractivity contribution in [2.45, 2.75) is 20.4 Å². The summed E-state index contributed by atoms with van der Waals surface area (Å²) < 4.78 is 6.57. The van der Waals surface area contributed by atoms with Gasteiger partial charge in [0.2, 0.25) is 5.91 Å². The van der Waals surface area contributed by atoms with Gasteiger partial charge in [-0.3, -0.25) is 9.59 Å². The molecule has 4 aromatic rings. The molecule has 36 heavy (non-hydrogen) atoms. The van der Waals surface area contributed by atoms with Gasteiger partial charge in [-0.2, -0.15) is 5.10 Å². The minimum Gasteiger partial charge on any atom is -0.497 e. The Morgan fingerprint density at radius 3 is 2.31 bits per heavy atom. The van der Waals surface area contributed by atoms with Gasteiger partial charge in [0, 0.05) is 42.8 Å². The minimum absolute atomic E-state index is 0.0793. The molecule has 0 saturated carbocycles. The number of rotatable bonds is 5. The van der Waals surface area contributed by atoms with Crippen LogP contribution in [-0.2, 0) is 11.3 Å². The number of aromatic nitrogens is 2. The van der Waals surface area contributed by atoms with E-state index in [2.05, 4.69) is 23.1 Å². The fourth-order valence-electron chi connectivity index (χ4n) is 4.77. The summed E-state index contributed by atoms with van der Waals surface area (Å²) in [5, 5.41) is 6.09. The van der Waals surface area contributed by atoms with Crippen molar-refractivity contribution in [3.63, 3.8) is 0 Å². The summed E-state index contributed by atoms with van der Waals surface area (Å²) in [6.07, 6.45) is 0. The molecule has 1 amide bonds. The average Bonchev–Trinajstić information content (AvgIpc) is 2.92. The second-order valence-electron chi connectivity index (χ2n) is 9.24. The molecule has 0 N–H and O–H groups in total. The molecule has 1 saturated heterocycles. The molecule has 0 bridgehead atoms. The number of ether oxygens (including phenoxy) is 1. The third kappa shape index (κ3) is 4.56. The Labute approximate surface area is 210 Å². The number of aryl methyl sites for hydroxylation is 2. The number of anilines is 1. The van der Waals surface area contributed by atoms with Crippen LogP contribution in [0.4, 0.5) is 5.69 Å². The Bertz CT molecular complexity index is 1470. The molecule has 184 valence electrons. The summed E-state index contributed by atoms with van der Waals surface area (Å²) >= 11 is 0. The predicted molar refractivity (Wildman–Crippen MR) is 143 cm³/mol. The summed E-state index contributed by atoms with van der Waals surface area (Å²) in [5.41, 5.74) is 4.75. The van der Waals surface area contributed by atoms with Crippen LogP contribution in [0.1, 0.15) is 11.1 Å². The van der Waals surface area contributed by atoms with Gasteiger partial charge in [-0.05, 0) is 55.8 Å². The van der Waals surface area contributed by atoms with Gasteiger partial charge in [0.25, 0.3) is 5.56 Å². The number of hydrogen-bond acceptors (Lipinski definition) is 5. The van der Waals surface area contributed by atoms with Crippen LogP contribution in [0.25, 0.3) is 22.0 Å². The van der Waals surface area contributed by atoms with Gasteiger partial charge in [0.05, 0.1) is 18.2 Å². The average molecular weight is 483 g/mol. The van der Waals surface area contributed by atoms with Crippen molar-refractivity contribution < 1.29 is 9.53 Å². The summed E-state index contributed by atoms with van der Waals surface area (Å²) in [5.74, 6) is 0.724. The first-order valence-electron chi connectivity index (χ1n) is 12.2. The van der Waals surface area contributed by atoms with Crippen LogP contribution in [0.15, 0.2) is 71.5 Å². The number of hydrogen-bond donors (Lipinski definition) is 0. The first-order valence-corrected chi connectivity index (χ1v) is 12.2. The van der Waals surface area contributed by atoms with E-state index in [0.29, 0.717) is 18.5 Å². The van der Waals surface area contributed by atoms with Gasteiger partial charge in [-0.15, -0.1) is 0 Å².